The highest BCUT2D eigenvalue weighted by Crippen LogP contribution is 2.26. The minimum Gasteiger partial charge on any atom is -0.480 e. The maximum atomic E-state index is 15.2. The summed E-state index contributed by atoms with van der Waals surface area (Å²) in [6, 6.07) is 11.3. The van der Waals surface area contributed by atoms with Crippen molar-refractivity contribution in [2.45, 2.75) is 139 Å². The number of nitrogens with two attached hydrogens (primary N) is 3. The molecule has 3 heterocycles. The van der Waals surface area contributed by atoms with Crippen LogP contribution >= 0.6 is 33.2 Å². The number of azide groups is 1. The normalized spacial score (nSPS) is 19.8. The second-order valence-corrected chi connectivity index (χ2v) is 27.2. The summed E-state index contributed by atoms with van der Waals surface area (Å²) >= 11 is 6.20. The monoisotopic (exact) mass is 1420 g/mol. The van der Waals surface area contributed by atoms with E-state index in [9.17, 15) is 58.6 Å². The second-order valence-electron chi connectivity index (χ2n) is 24.2. The fraction of sp³-hybridized carbons (Fsp3) is 0.431. The highest BCUT2D eigenvalue weighted by molar-refractivity contribution is 8.76. The van der Waals surface area contributed by atoms with Crippen LogP contribution in [0.4, 0.5) is 0 Å². The van der Waals surface area contributed by atoms with Gasteiger partial charge in [0, 0.05) is 90.8 Å². The molecule has 7 rings (SSSR count). The number of amides is 11. The van der Waals surface area contributed by atoms with Crippen molar-refractivity contribution in [2.24, 2.45) is 33.2 Å². The van der Waals surface area contributed by atoms with E-state index >= 15 is 9.59 Å². The first-order valence-corrected chi connectivity index (χ1v) is 34.8. The highest BCUT2D eigenvalue weighted by atomic mass is 35.5. The van der Waals surface area contributed by atoms with Gasteiger partial charge in [0.15, 0.2) is 5.96 Å². The van der Waals surface area contributed by atoms with Gasteiger partial charge in [-0.2, -0.15) is 0 Å². The Morgan fingerprint density at radius 3 is 2.05 bits per heavy atom. The predicted octanol–water partition coefficient (Wildman–Crippen LogP) is 1.14. The number of aliphatic carboxylic acids is 1. The number of likely N-dealkylation sites (tertiary alicyclic amines) is 1. The fourth-order valence-corrected chi connectivity index (χ4v) is 13.7. The molecular formula is C65H81ClN18O13S2. The molecule has 4 aromatic carbocycles. The van der Waals surface area contributed by atoms with Crippen LogP contribution in [0, 0.1) is 5.92 Å². The van der Waals surface area contributed by atoms with Crippen LogP contribution in [0.15, 0.2) is 107 Å². The van der Waals surface area contributed by atoms with Gasteiger partial charge in [-0.25, -0.2) is 4.79 Å². The van der Waals surface area contributed by atoms with Gasteiger partial charge in [-0.15, -0.1) is 0 Å². The van der Waals surface area contributed by atoms with Gasteiger partial charge in [0.25, 0.3) is 0 Å². The molecule has 2 aliphatic heterocycles. The summed E-state index contributed by atoms with van der Waals surface area (Å²) < 4.78 is 0. The molecule has 2 aliphatic rings. The van der Waals surface area contributed by atoms with Gasteiger partial charge in [0.1, 0.15) is 60.4 Å². The SMILES string of the molecule is CC(=O)N[C@@H]1CSSC[C@H](C(=O)N[C@H](Cc2ccc3ccccc3c2)C(=O)N[C@@H](CC(C)C)C(=O)N[C@@H](CCCN=C(N)N)C(=O)N2CCC[C@H]2C(=O)N[C@@H](CN)C(=O)O)NC(=O)[C@H](CC(=O)N=[N+]=[N-])NC(=O)[C@@H](Cc2c[nH]c3ccccc23)NC(=O)[C@@H](Cc2ccc(Cl)cc2)NC1=O. The number of guanidine groups is 1. The summed E-state index contributed by atoms with van der Waals surface area (Å²) in [5, 5.41) is 39.2. The van der Waals surface area contributed by atoms with Gasteiger partial charge in [-0.05, 0) is 94.3 Å². The van der Waals surface area contributed by atoms with Crippen molar-refractivity contribution in [3.63, 3.8) is 0 Å². The number of carboxylic acid groups (broad SMARTS) is 1. The van der Waals surface area contributed by atoms with E-state index in [0.29, 0.717) is 39.0 Å². The third-order valence-electron chi connectivity index (χ3n) is 16.2. The van der Waals surface area contributed by atoms with Crippen LogP contribution in [0.5, 0.6) is 0 Å². The van der Waals surface area contributed by atoms with Crippen LogP contribution in [0.25, 0.3) is 32.1 Å². The smallest absolute Gasteiger partial charge is 0.327 e. The summed E-state index contributed by atoms with van der Waals surface area (Å²) in [6.07, 6.45) is 0.551. The zero-order valence-electron chi connectivity index (χ0n) is 54.5. The number of carbonyl (C=O) groups is 12. The number of aliphatic imine (C=N–C) groups is 1. The molecule has 10 atom stereocenters. The Kier molecular flexibility index (Phi) is 28.7. The van der Waals surface area contributed by atoms with Crippen molar-refractivity contribution in [2.75, 3.05) is 31.1 Å². The number of rotatable bonds is 26. The number of aromatic nitrogens is 1. The first-order valence-electron chi connectivity index (χ1n) is 31.9. The zero-order valence-corrected chi connectivity index (χ0v) is 56.9. The number of H-pyrrole nitrogens is 1. The van der Waals surface area contributed by atoms with Gasteiger partial charge < -0.3 is 80.0 Å². The minimum atomic E-state index is -1.92. The molecule has 0 saturated carbocycles. The Morgan fingerprint density at radius 1 is 0.737 bits per heavy atom. The number of benzene rings is 4. The van der Waals surface area contributed by atoms with Crippen LogP contribution in [0.2, 0.25) is 5.02 Å². The Hall–Kier alpha value is -9.95. The second kappa shape index (κ2) is 37.1. The molecule has 0 aliphatic carbocycles. The van der Waals surface area contributed by atoms with Gasteiger partial charge >= 0.3 is 5.97 Å². The lowest BCUT2D eigenvalue weighted by molar-refractivity contribution is -0.145. The number of carboxylic acids is 1. The molecule has 2 fully saturated rings. The summed E-state index contributed by atoms with van der Waals surface area (Å²) in [6.45, 7) is 4.39. The maximum absolute atomic E-state index is 15.2. The quantitative estimate of drug-likeness (QED) is 0.00702. The fourth-order valence-electron chi connectivity index (χ4n) is 11.3. The first kappa shape index (κ1) is 76.4. The van der Waals surface area contributed by atoms with Crippen molar-refractivity contribution in [1.29, 1.82) is 0 Å². The third-order valence-corrected chi connectivity index (χ3v) is 18.9. The molecule has 0 spiro atoms. The number of aromatic amines is 1. The van der Waals surface area contributed by atoms with Gasteiger partial charge in [0.05, 0.1) is 0 Å². The molecule has 34 heteroatoms. The summed E-state index contributed by atoms with van der Waals surface area (Å²) in [5.74, 6) is -12.5. The van der Waals surface area contributed by atoms with Crippen LogP contribution in [0.3, 0.4) is 0 Å². The average molecular weight is 1420 g/mol. The van der Waals surface area contributed by atoms with Crippen molar-refractivity contribution in [1.82, 2.24) is 57.7 Å². The standard InChI is InChI=1S/C65H81ClN18O13S2/c1-34(2)24-45(55(87)74-44(14-8-22-71-65(68)69)63(95)84-23-9-15-53(84)62(94)80-50(30-67)64(96)97)75-57(89)47(27-37-16-19-38-10-4-5-11-39(38)25-37)77-61(93)52-33-99-98-32-51(73-35(3)85)60(92)76-46(26-36-17-20-41(66)21-18-36)56(88)78-48(28-40-31-72-43-13-7-6-12-42(40)43)58(90)79-49(59(91)81-52)29-54(86)82-83-70/h4-7,10-13,16-21,25,31,34,44-53,72H,8-9,14-15,22-24,26-30,32-33,67H2,1-3H3,(H,73,85)(H,74,87)(H,75,89)(H,76,92)(H,77,93)(H,78,88)(H,79,90)(H,80,94)(H,81,91)(H,96,97)(H4,68,69,71)/t44-,45-,46+,47+,48+,49-,50-,51+,52+,53-/m0/s1. The number of para-hydroxylation sites is 1. The van der Waals surface area contributed by atoms with E-state index in [1.165, 1.54) is 11.8 Å². The molecule has 0 bridgehead atoms. The van der Waals surface area contributed by atoms with Crippen LogP contribution in [0.1, 0.15) is 76.0 Å². The molecule has 5 aromatic rings. The first-order chi connectivity index (χ1) is 47.3. The van der Waals surface area contributed by atoms with Crippen LogP contribution < -0.4 is 65.1 Å². The number of nitrogens with one attached hydrogen (secondary N) is 10. The lowest BCUT2D eigenvalue weighted by atomic mass is 9.99. The summed E-state index contributed by atoms with van der Waals surface area (Å²) in [7, 11) is 1.90. The average Bonchev–Trinajstić information content (AvgIpc) is 1.80. The Bertz CT molecular complexity index is 3870. The third kappa shape index (κ3) is 22.8. The van der Waals surface area contributed by atoms with Crippen LogP contribution in [-0.2, 0) is 76.8 Å². The van der Waals surface area contributed by atoms with Crippen molar-refractivity contribution in [3.05, 3.63) is 129 Å². The van der Waals surface area contributed by atoms with E-state index in [2.05, 4.69) is 67.9 Å². The van der Waals surface area contributed by atoms with E-state index in [1.54, 1.807) is 92.8 Å². The molecular weight excluding hydrogens is 1340 g/mol. The molecule has 31 nitrogen and oxygen atoms in total. The molecule has 528 valence electrons. The van der Waals surface area contributed by atoms with E-state index < -0.39 is 144 Å². The predicted molar refractivity (Wildman–Crippen MR) is 372 cm³/mol. The largest absolute Gasteiger partial charge is 0.480 e. The Morgan fingerprint density at radius 2 is 1.36 bits per heavy atom. The highest BCUT2D eigenvalue weighted by Gasteiger charge is 2.41. The van der Waals surface area contributed by atoms with Crippen LogP contribution in [-0.4, -0.2) is 183 Å². The number of hydrogen-bond donors (Lipinski definition) is 14. The maximum Gasteiger partial charge on any atom is 0.327 e. The molecule has 11 amide bonds. The summed E-state index contributed by atoms with van der Waals surface area (Å²) in [5.41, 5.74) is 28.3. The van der Waals surface area contributed by atoms with Gasteiger partial charge in [-0.1, -0.05) is 120 Å². The minimum absolute atomic E-state index is 0.0288. The molecule has 2 saturated heterocycles. The van der Waals surface area contributed by atoms with Crippen molar-refractivity contribution >= 4 is 132 Å². The molecule has 99 heavy (non-hydrogen) atoms. The van der Waals surface area contributed by atoms with E-state index in [1.807, 2.05) is 18.2 Å². The molecule has 0 radical (unpaired) electrons. The van der Waals surface area contributed by atoms with Crippen molar-refractivity contribution < 1.29 is 62.6 Å². The lowest BCUT2D eigenvalue weighted by Gasteiger charge is -2.31. The molecule has 17 N–H and O–H groups in total. The number of nitrogens with zero attached hydrogens (tertiary/aromatic N) is 5. The Balaban J connectivity index is 1.24. The number of carbonyl (C=O) groups excluding carboxylic acids is 11. The molecule has 1 aromatic heterocycles. The molecule has 0 unspecified atom stereocenters. The number of fused-ring (bicyclic) bond motifs is 2. The van der Waals surface area contributed by atoms with Crippen molar-refractivity contribution in [3.8, 4) is 0 Å². The lowest BCUT2D eigenvalue weighted by Crippen LogP contribution is -2.61. The van der Waals surface area contributed by atoms with Gasteiger partial charge in [0.2, 0.25) is 65.0 Å². The van der Waals surface area contributed by atoms with E-state index in [-0.39, 0.29) is 81.4 Å². The Labute approximate surface area is 582 Å². The van der Waals surface area contributed by atoms with Gasteiger partial charge in [-0.3, -0.25) is 57.7 Å². The van der Waals surface area contributed by atoms with E-state index in [0.717, 1.165) is 32.4 Å². The number of halogens is 1. The van der Waals surface area contributed by atoms with E-state index in [4.69, 9.17) is 28.8 Å². The number of hydrogen-bond acceptors (Lipinski definition) is 16. The topological polar surface area (TPSA) is 492 Å². The summed E-state index contributed by atoms with van der Waals surface area (Å²) in [4.78, 5) is 181. The zero-order chi connectivity index (χ0) is 71.9.